The van der Waals surface area contributed by atoms with Gasteiger partial charge in [0.25, 0.3) is 5.56 Å². The van der Waals surface area contributed by atoms with Gasteiger partial charge in [-0.2, -0.15) is 5.26 Å². The molecule has 0 aliphatic rings. The van der Waals surface area contributed by atoms with Gasteiger partial charge in [-0.25, -0.2) is 9.37 Å². The van der Waals surface area contributed by atoms with Crippen LogP contribution in [0.4, 0.5) is 4.39 Å². The summed E-state index contributed by atoms with van der Waals surface area (Å²) in [7, 11) is 0. The topological polar surface area (TPSA) is 78.8 Å². The molecule has 4 aromatic rings. The lowest BCUT2D eigenvalue weighted by Gasteiger charge is -2.06. The SMILES string of the molecule is N#Cc1ccc(OCCSc2nc3scc(-c4ccc(F)cc4)c3c(=O)[nH]2)cc1. The third kappa shape index (κ3) is 4.31. The molecule has 0 atom stereocenters. The minimum atomic E-state index is -0.317. The highest BCUT2D eigenvalue weighted by atomic mass is 32.2. The fourth-order valence-corrected chi connectivity index (χ4v) is 4.45. The molecule has 1 N–H and O–H groups in total. The van der Waals surface area contributed by atoms with Gasteiger partial charge in [-0.1, -0.05) is 23.9 Å². The average molecular weight is 423 g/mol. The van der Waals surface area contributed by atoms with Crippen molar-refractivity contribution in [2.24, 2.45) is 0 Å². The normalized spacial score (nSPS) is 10.8. The zero-order chi connectivity index (χ0) is 20.2. The van der Waals surface area contributed by atoms with Gasteiger partial charge in [0.15, 0.2) is 5.16 Å². The minimum Gasteiger partial charge on any atom is -0.493 e. The van der Waals surface area contributed by atoms with Crippen molar-refractivity contribution in [3.8, 4) is 22.9 Å². The second kappa shape index (κ2) is 8.47. The largest absolute Gasteiger partial charge is 0.493 e. The van der Waals surface area contributed by atoms with Crippen molar-refractivity contribution >= 4 is 33.3 Å². The molecule has 2 aromatic carbocycles. The smallest absolute Gasteiger partial charge is 0.260 e. The van der Waals surface area contributed by atoms with Crippen molar-refractivity contribution in [1.82, 2.24) is 9.97 Å². The number of rotatable bonds is 6. The van der Waals surface area contributed by atoms with E-state index in [1.807, 2.05) is 5.38 Å². The van der Waals surface area contributed by atoms with Crippen LogP contribution in [0.3, 0.4) is 0 Å². The second-order valence-corrected chi connectivity index (χ2v) is 7.98. The molecule has 2 aromatic heterocycles. The van der Waals surface area contributed by atoms with Crippen molar-refractivity contribution < 1.29 is 9.13 Å². The van der Waals surface area contributed by atoms with E-state index >= 15 is 0 Å². The maximum Gasteiger partial charge on any atom is 0.260 e. The number of thiophene rings is 1. The number of nitrogens with zero attached hydrogens (tertiary/aromatic N) is 2. The molecule has 144 valence electrons. The molecular weight excluding hydrogens is 409 g/mol. The van der Waals surface area contributed by atoms with Gasteiger partial charge in [0, 0.05) is 16.7 Å². The lowest BCUT2D eigenvalue weighted by Crippen LogP contribution is -2.09. The number of halogens is 1. The predicted octanol–water partition coefficient (Wildman–Crippen LogP) is 4.83. The Labute approximate surface area is 173 Å². The van der Waals surface area contributed by atoms with Gasteiger partial charge < -0.3 is 9.72 Å². The average Bonchev–Trinajstić information content (AvgIpc) is 3.17. The van der Waals surface area contributed by atoms with E-state index in [0.717, 1.165) is 11.1 Å². The van der Waals surface area contributed by atoms with E-state index < -0.39 is 0 Å². The first-order valence-corrected chi connectivity index (χ1v) is 10.5. The van der Waals surface area contributed by atoms with Gasteiger partial charge in [0.1, 0.15) is 16.4 Å². The van der Waals surface area contributed by atoms with Crippen LogP contribution in [-0.2, 0) is 0 Å². The van der Waals surface area contributed by atoms with Crippen LogP contribution < -0.4 is 10.3 Å². The van der Waals surface area contributed by atoms with Gasteiger partial charge >= 0.3 is 0 Å². The molecule has 4 rings (SSSR count). The third-order valence-electron chi connectivity index (χ3n) is 4.15. The molecule has 0 fully saturated rings. The molecular formula is C21H14FN3O2S2. The molecule has 0 spiro atoms. The van der Waals surface area contributed by atoms with E-state index in [1.165, 1.54) is 35.2 Å². The Morgan fingerprint density at radius 3 is 2.66 bits per heavy atom. The molecule has 0 aliphatic heterocycles. The van der Waals surface area contributed by atoms with Gasteiger partial charge in [0.05, 0.1) is 23.6 Å². The Kier molecular flexibility index (Phi) is 5.60. The number of thioether (sulfide) groups is 1. The summed E-state index contributed by atoms with van der Waals surface area (Å²) in [6.07, 6.45) is 0. The number of hydrogen-bond acceptors (Lipinski definition) is 6. The molecule has 0 saturated heterocycles. The Morgan fingerprint density at radius 1 is 1.17 bits per heavy atom. The van der Waals surface area contributed by atoms with Crippen LogP contribution in [0.2, 0.25) is 0 Å². The summed E-state index contributed by atoms with van der Waals surface area (Å²) in [5, 5.41) is 11.7. The van der Waals surface area contributed by atoms with Gasteiger partial charge in [-0.05, 0) is 42.0 Å². The lowest BCUT2D eigenvalue weighted by molar-refractivity contribution is 0.344. The maximum atomic E-state index is 13.2. The number of hydrogen-bond donors (Lipinski definition) is 1. The fourth-order valence-electron chi connectivity index (χ4n) is 2.76. The molecule has 0 unspecified atom stereocenters. The van der Waals surface area contributed by atoms with Gasteiger partial charge in [-0.15, -0.1) is 11.3 Å². The third-order valence-corrected chi connectivity index (χ3v) is 5.86. The highest BCUT2D eigenvalue weighted by Gasteiger charge is 2.13. The van der Waals surface area contributed by atoms with Crippen LogP contribution in [0.25, 0.3) is 21.3 Å². The van der Waals surface area contributed by atoms with Crippen LogP contribution in [0.5, 0.6) is 5.75 Å². The first-order valence-electron chi connectivity index (χ1n) is 8.67. The van der Waals surface area contributed by atoms with Crippen LogP contribution in [-0.4, -0.2) is 22.3 Å². The van der Waals surface area contributed by atoms with Crippen molar-refractivity contribution in [2.45, 2.75) is 5.16 Å². The molecule has 0 amide bonds. The molecule has 8 heteroatoms. The number of benzene rings is 2. The highest BCUT2D eigenvalue weighted by Crippen LogP contribution is 2.31. The molecule has 0 bridgehead atoms. The highest BCUT2D eigenvalue weighted by molar-refractivity contribution is 7.99. The minimum absolute atomic E-state index is 0.217. The number of fused-ring (bicyclic) bond motifs is 1. The zero-order valence-electron chi connectivity index (χ0n) is 15.0. The van der Waals surface area contributed by atoms with Crippen molar-refractivity contribution in [3.05, 3.63) is 75.6 Å². The van der Waals surface area contributed by atoms with Crippen LogP contribution in [0.1, 0.15) is 5.56 Å². The molecule has 2 heterocycles. The van der Waals surface area contributed by atoms with E-state index in [-0.39, 0.29) is 11.4 Å². The summed E-state index contributed by atoms with van der Waals surface area (Å²) >= 11 is 2.78. The molecule has 0 aliphatic carbocycles. The summed E-state index contributed by atoms with van der Waals surface area (Å²) in [6, 6.07) is 15.0. The van der Waals surface area contributed by atoms with Crippen LogP contribution in [0, 0.1) is 17.1 Å². The summed E-state index contributed by atoms with van der Waals surface area (Å²) in [5.74, 6) is 0.968. The number of aromatic amines is 1. The lowest BCUT2D eigenvalue weighted by atomic mass is 10.1. The number of nitrogens with one attached hydrogen (secondary N) is 1. The molecule has 0 radical (unpaired) electrons. The van der Waals surface area contributed by atoms with Crippen molar-refractivity contribution in [3.63, 3.8) is 0 Å². The first-order chi connectivity index (χ1) is 14.1. The van der Waals surface area contributed by atoms with E-state index in [0.29, 0.717) is 39.0 Å². The number of aromatic nitrogens is 2. The number of ether oxygens (including phenoxy) is 1. The van der Waals surface area contributed by atoms with Gasteiger partial charge in [-0.3, -0.25) is 4.79 Å². The van der Waals surface area contributed by atoms with Gasteiger partial charge in [0.2, 0.25) is 0 Å². The summed E-state index contributed by atoms with van der Waals surface area (Å²) in [5.41, 5.74) is 1.89. The van der Waals surface area contributed by atoms with E-state index in [2.05, 4.69) is 16.0 Å². The first kappa shape index (κ1) is 19.2. The summed E-state index contributed by atoms with van der Waals surface area (Å²) in [4.78, 5) is 20.6. The fraction of sp³-hybridized carbons (Fsp3) is 0.0952. The van der Waals surface area contributed by atoms with Crippen molar-refractivity contribution in [1.29, 1.82) is 5.26 Å². The Balaban J connectivity index is 1.44. The number of nitriles is 1. The standard InChI is InChI=1S/C21H14FN3O2S2/c22-15-5-3-14(4-6-15)17-12-29-20-18(17)19(26)24-21(25-20)28-10-9-27-16-7-1-13(11-23)2-8-16/h1-8,12H,9-10H2,(H,24,25,26). The van der Waals surface area contributed by atoms with E-state index in [1.54, 1.807) is 36.4 Å². The predicted molar refractivity (Wildman–Crippen MR) is 113 cm³/mol. The summed E-state index contributed by atoms with van der Waals surface area (Å²) in [6.45, 7) is 0.434. The maximum absolute atomic E-state index is 13.2. The monoisotopic (exact) mass is 423 g/mol. The Morgan fingerprint density at radius 2 is 1.93 bits per heavy atom. The molecule has 0 saturated carbocycles. The Hall–Kier alpha value is -3.15. The van der Waals surface area contributed by atoms with Crippen LogP contribution >= 0.6 is 23.1 Å². The Bertz CT molecular complexity index is 1240. The van der Waals surface area contributed by atoms with E-state index in [4.69, 9.17) is 10.00 Å². The van der Waals surface area contributed by atoms with Crippen LogP contribution in [0.15, 0.2) is 63.9 Å². The quantitative estimate of drug-likeness (QED) is 0.273. The van der Waals surface area contributed by atoms with E-state index in [9.17, 15) is 9.18 Å². The molecule has 29 heavy (non-hydrogen) atoms. The summed E-state index contributed by atoms with van der Waals surface area (Å²) < 4.78 is 18.8. The zero-order valence-corrected chi connectivity index (χ0v) is 16.6. The molecule has 5 nitrogen and oxygen atoms in total. The van der Waals surface area contributed by atoms with Crippen molar-refractivity contribution in [2.75, 3.05) is 12.4 Å². The second-order valence-electron chi connectivity index (χ2n) is 6.04. The number of H-pyrrole nitrogens is 1.